The van der Waals surface area contributed by atoms with Crippen molar-refractivity contribution in [2.45, 2.75) is 20.0 Å². The summed E-state index contributed by atoms with van der Waals surface area (Å²) < 4.78 is 33.0. The van der Waals surface area contributed by atoms with E-state index >= 15 is 0 Å². The highest BCUT2D eigenvalue weighted by atomic mass is 19.1. The van der Waals surface area contributed by atoms with Crippen molar-refractivity contribution in [3.05, 3.63) is 83.0 Å². The molecule has 1 fully saturated rings. The normalized spacial score (nSPS) is 15.8. The number of hydrogen-bond acceptors (Lipinski definition) is 5. The molecule has 0 saturated carbocycles. The van der Waals surface area contributed by atoms with Crippen molar-refractivity contribution in [1.82, 2.24) is 14.4 Å². The molecule has 2 aromatic heterocycles. The zero-order valence-electron chi connectivity index (χ0n) is 19.5. The highest BCUT2D eigenvalue weighted by molar-refractivity contribution is 5.97. The molecule has 0 radical (unpaired) electrons. The van der Waals surface area contributed by atoms with Crippen LogP contribution in [0.4, 0.5) is 4.39 Å². The first-order valence-corrected chi connectivity index (χ1v) is 11.8. The molecule has 35 heavy (non-hydrogen) atoms. The molecular formula is C27H26FN3O4. The van der Waals surface area contributed by atoms with Crippen LogP contribution in [0.1, 0.15) is 27.4 Å². The summed E-state index contributed by atoms with van der Waals surface area (Å²) >= 11 is 0. The first-order chi connectivity index (χ1) is 17.0. The Kier molecular flexibility index (Phi) is 5.45. The van der Waals surface area contributed by atoms with Crippen molar-refractivity contribution in [3.63, 3.8) is 0 Å². The fourth-order valence-electron chi connectivity index (χ4n) is 4.88. The lowest BCUT2D eigenvalue weighted by molar-refractivity contribution is 0.0618. The Morgan fingerprint density at radius 2 is 1.74 bits per heavy atom. The Bertz CT molecular complexity index is 1400. The monoisotopic (exact) mass is 475 g/mol. The number of nitrogens with zero attached hydrogens (tertiary/aromatic N) is 3. The summed E-state index contributed by atoms with van der Waals surface area (Å²) in [6, 6.07) is 16.4. The van der Waals surface area contributed by atoms with E-state index in [2.05, 4.69) is 11.0 Å². The summed E-state index contributed by atoms with van der Waals surface area (Å²) in [5.74, 6) is 1.97. The van der Waals surface area contributed by atoms with E-state index in [4.69, 9.17) is 13.9 Å². The highest BCUT2D eigenvalue weighted by Crippen LogP contribution is 2.33. The summed E-state index contributed by atoms with van der Waals surface area (Å²) in [5, 5.41) is 0. The van der Waals surface area contributed by atoms with Crippen LogP contribution >= 0.6 is 0 Å². The van der Waals surface area contributed by atoms with Gasteiger partial charge in [-0.2, -0.15) is 0 Å². The number of piperazine rings is 1. The molecule has 7 nitrogen and oxygen atoms in total. The van der Waals surface area contributed by atoms with Crippen molar-refractivity contribution in [2.75, 3.05) is 33.0 Å². The van der Waals surface area contributed by atoms with Crippen molar-refractivity contribution >= 4 is 17.0 Å². The molecule has 4 heterocycles. The number of halogens is 1. The van der Waals surface area contributed by atoms with Gasteiger partial charge < -0.3 is 23.4 Å². The van der Waals surface area contributed by atoms with Gasteiger partial charge in [-0.05, 0) is 30.7 Å². The molecule has 0 unspecified atom stereocenters. The predicted molar refractivity (Wildman–Crippen MR) is 128 cm³/mol. The van der Waals surface area contributed by atoms with Crippen LogP contribution in [0.25, 0.3) is 11.1 Å². The second-order valence-electron chi connectivity index (χ2n) is 9.07. The number of benzene rings is 2. The Labute approximate surface area is 202 Å². The van der Waals surface area contributed by atoms with Crippen LogP contribution in [-0.2, 0) is 13.1 Å². The van der Waals surface area contributed by atoms with Gasteiger partial charge in [-0.15, -0.1) is 0 Å². The number of aromatic nitrogens is 1. The number of fused-ring (bicyclic) bond motifs is 2. The smallest absolute Gasteiger partial charge is 0.270 e. The third-order valence-electron chi connectivity index (χ3n) is 6.72. The SMILES string of the molecule is Cc1cc2c(cc(C(=O)N3CCN(Cc4ccc5c(c4)OCO5)CC3)n2Cc2ccccc2F)o1. The average molecular weight is 476 g/mol. The molecule has 1 saturated heterocycles. The molecule has 1 amide bonds. The highest BCUT2D eigenvalue weighted by Gasteiger charge is 2.27. The lowest BCUT2D eigenvalue weighted by Gasteiger charge is -2.35. The standard InChI is InChI=1S/C27H26FN3O4/c1-18-12-22-25(35-18)14-23(31(22)16-20-4-2-3-5-21(20)28)27(32)30-10-8-29(9-11-30)15-19-6-7-24-26(13-19)34-17-33-24/h2-7,12-14H,8-11,15-17H2,1H3. The molecule has 0 aliphatic carbocycles. The number of rotatable bonds is 5. The van der Waals surface area contributed by atoms with Gasteiger partial charge in [0.15, 0.2) is 17.1 Å². The number of furan rings is 1. The van der Waals surface area contributed by atoms with Gasteiger partial charge in [0.05, 0.1) is 12.1 Å². The molecule has 0 spiro atoms. The van der Waals surface area contributed by atoms with Crippen LogP contribution in [0.15, 0.2) is 59.0 Å². The first-order valence-electron chi connectivity index (χ1n) is 11.8. The maximum absolute atomic E-state index is 14.4. The van der Waals surface area contributed by atoms with E-state index < -0.39 is 0 Å². The van der Waals surface area contributed by atoms with Crippen molar-refractivity contribution in [3.8, 4) is 11.5 Å². The van der Waals surface area contributed by atoms with Crippen LogP contribution in [-0.4, -0.2) is 53.2 Å². The minimum atomic E-state index is -0.287. The zero-order valence-corrected chi connectivity index (χ0v) is 19.5. The number of carbonyl (C=O) groups excluding carboxylic acids is 1. The van der Waals surface area contributed by atoms with Gasteiger partial charge in [0, 0.05) is 50.4 Å². The van der Waals surface area contributed by atoms with Gasteiger partial charge in [-0.1, -0.05) is 24.3 Å². The molecule has 0 bridgehead atoms. The van der Waals surface area contributed by atoms with E-state index in [1.165, 1.54) is 6.07 Å². The van der Waals surface area contributed by atoms with Gasteiger partial charge in [0.25, 0.3) is 5.91 Å². The Balaban J connectivity index is 1.18. The van der Waals surface area contributed by atoms with Gasteiger partial charge in [-0.25, -0.2) is 4.39 Å². The molecule has 2 aliphatic rings. The number of ether oxygens (including phenoxy) is 2. The first kappa shape index (κ1) is 21.7. The molecule has 6 rings (SSSR count). The van der Waals surface area contributed by atoms with E-state index in [0.717, 1.165) is 48.0 Å². The van der Waals surface area contributed by atoms with Crippen LogP contribution < -0.4 is 9.47 Å². The predicted octanol–water partition coefficient (Wildman–Crippen LogP) is 4.42. The van der Waals surface area contributed by atoms with Crippen molar-refractivity contribution in [2.24, 2.45) is 0 Å². The molecule has 2 aliphatic heterocycles. The topological polar surface area (TPSA) is 60.1 Å². The van der Waals surface area contributed by atoms with Gasteiger partial charge in [-0.3, -0.25) is 9.69 Å². The quantitative estimate of drug-likeness (QED) is 0.428. The van der Waals surface area contributed by atoms with Crippen LogP contribution in [0.3, 0.4) is 0 Å². The zero-order chi connectivity index (χ0) is 23.9. The fourth-order valence-corrected chi connectivity index (χ4v) is 4.88. The summed E-state index contributed by atoms with van der Waals surface area (Å²) in [5.41, 5.74) is 3.65. The largest absolute Gasteiger partial charge is 0.460 e. The van der Waals surface area contributed by atoms with Crippen molar-refractivity contribution < 1.29 is 23.1 Å². The Morgan fingerprint density at radius 3 is 2.57 bits per heavy atom. The number of aryl methyl sites for hydroxylation is 1. The molecular weight excluding hydrogens is 449 g/mol. The van der Waals surface area contributed by atoms with E-state index in [0.29, 0.717) is 29.9 Å². The summed E-state index contributed by atoms with van der Waals surface area (Å²) in [6.45, 7) is 5.96. The van der Waals surface area contributed by atoms with Gasteiger partial charge in [0.2, 0.25) is 6.79 Å². The number of carbonyl (C=O) groups is 1. The summed E-state index contributed by atoms with van der Waals surface area (Å²) in [6.07, 6.45) is 0. The Hall–Kier alpha value is -3.78. The van der Waals surface area contributed by atoms with E-state index in [9.17, 15) is 9.18 Å². The molecule has 0 atom stereocenters. The minimum absolute atomic E-state index is 0.0619. The second kappa shape index (κ2) is 8.78. The summed E-state index contributed by atoms with van der Waals surface area (Å²) in [7, 11) is 0. The van der Waals surface area contributed by atoms with Crippen molar-refractivity contribution in [1.29, 1.82) is 0 Å². The van der Waals surface area contributed by atoms with Gasteiger partial charge in [0.1, 0.15) is 17.3 Å². The third-order valence-corrected chi connectivity index (χ3v) is 6.72. The molecule has 180 valence electrons. The van der Waals surface area contributed by atoms with E-state index in [1.807, 2.05) is 34.6 Å². The van der Waals surface area contributed by atoms with E-state index in [-0.39, 0.29) is 25.1 Å². The molecule has 2 aromatic carbocycles. The molecule has 0 N–H and O–H groups in total. The minimum Gasteiger partial charge on any atom is -0.460 e. The molecule has 8 heteroatoms. The lowest BCUT2D eigenvalue weighted by Crippen LogP contribution is -2.48. The molecule has 4 aromatic rings. The van der Waals surface area contributed by atoms with Crippen LogP contribution in [0.2, 0.25) is 0 Å². The second-order valence-corrected chi connectivity index (χ2v) is 9.07. The number of amides is 1. The number of hydrogen-bond donors (Lipinski definition) is 0. The van der Waals surface area contributed by atoms with E-state index in [1.54, 1.807) is 24.3 Å². The fraction of sp³-hybridized carbons (Fsp3) is 0.296. The maximum Gasteiger partial charge on any atom is 0.270 e. The van der Waals surface area contributed by atoms with Gasteiger partial charge >= 0.3 is 0 Å². The van der Waals surface area contributed by atoms with Crippen LogP contribution in [0.5, 0.6) is 11.5 Å². The average Bonchev–Trinajstić information content (AvgIpc) is 3.55. The Morgan fingerprint density at radius 1 is 0.943 bits per heavy atom. The third kappa shape index (κ3) is 4.14. The van der Waals surface area contributed by atoms with Crippen LogP contribution in [0, 0.1) is 12.7 Å². The maximum atomic E-state index is 14.4. The lowest BCUT2D eigenvalue weighted by atomic mass is 10.1. The summed E-state index contributed by atoms with van der Waals surface area (Å²) in [4.78, 5) is 17.8.